The molecule has 12 heteroatoms. The van der Waals surface area contributed by atoms with Crippen molar-refractivity contribution in [3.8, 4) is 5.88 Å². The summed E-state index contributed by atoms with van der Waals surface area (Å²) in [6, 6.07) is 4.09. The second-order valence-electron chi connectivity index (χ2n) is 10.2. The van der Waals surface area contributed by atoms with E-state index < -0.39 is 39.7 Å². The average Bonchev–Trinajstić information content (AvgIpc) is 3.48. The fourth-order valence-electron chi connectivity index (χ4n) is 4.55. The van der Waals surface area contributed by atoms with E-state index in [4.69, 9.17) is 10.5 Å². The van der Waals surface area contributed by atoms with E-state index in [0.717, 1.165) is 24.2 Å². The van der Waals surface area contributed by atoms with E-state index in [1.54, 1.807) is 27.9 Å². The van der Waals surface area contributed by atoms with Crippen LogP contribution in [0.5, 0.6) is 5.88 Å². The van der Waals surface area contributed by atoms with E-state index >= 15 is 8.78 Å². The summed E-state index contributed by atoms with van der Waals surface area (Å²) < 4.78 is 60.4. The van der Waals surface area contributed by atoms with Crippen molar-refractivity contribution in [2.75, 3.05) is 20.7 Å². The molecule has 1 amide bonds. The van der Waals surface area contributed by atoms with Gasteiger partial charge in [-0.05, 0) is 37.6 Å². The molecule has 0 saturated heterocycles. The first-order chi connectivity index (χ1) is 17.7. The van der Waals surface area contributed by atoms with Crippen molar-refractivity contribution in [3.05, 3.63) is 53.2 Å². The maximum atomic E-state index is 15.2. The number of amides is 1. The van der Waals surface area contributed by atoms with Crippen molar-refractivity contribution < 1.29 is 27.1 Å². The second-order valence-corrected chi connectivity index (χ2v) is 11.6. The molecule has 1 unspecified atom stereocenters. The maximum Gasteiger partial charge on any atom is 0.255 e. The Morgan fingerprint density at radius 1 is 1.26 bits per heavy atom. The van der Waals surface area contributed by atoms with Gasteiger partial charge in [0.05, 0.1) is 30.5 Å². The molecule has 1 saturated carbocycles. The van der Waals surface area contributed by atoms with Crippen LogP contribution >= 0.6 is 11.8 Å². The van der Waals surface area contributed by atoms with E-state index in [0.29, 0.717) is 5.56 Å². The molecule has 2 heterocycles. The quantitative estimate of drug-likeness (QED) is 0.494. The number of carbonyl (C=O) groups is 1. The molecule has 204 valence electrons. The highest BCUT2D eigenvalue weighted by molar-refractivity contribution is 8.15. The number of nitrogens with two attached hydrogens (primary N) is 1. The third kappa shape index (κ3) is 5.23. The first kappa shape index (κ1) is 27.9. The minimum absolute atomic E-state index is 0.0103. The SMILES string of the molecule is C[C@@H]1[C@@](C)(C(=O)N(C)C)SC(N)=N[C@]1(C)c1cc(/C=C(\F)c2cnc(OCC3CC3(F)F)cn2)ccc1F. The van der Waals surface area contributed by atoms with Crippen LogP contribution in [0.2, 0.25) is 0 Å². The normalized spacial score (nSPS) is 28.4. The minimum atomic E-state index is -2.71. The Balaban J connectivity index is 1.59. The smallest absolute Gasteiger partial charge is 0.255 e. The van der Waals surface area contributed by atoms with Crippen LogP contribution in [0, 0.1) is 17.7 Å². The lowest BCUT2D eigenvalue weighted by Crippen LogP contribution is -2.56. The summed E-state index contributed by atoms with van der Waals surface area (Å²) in [5.74, 6) is -5.52. The fraction of sp³-hybridized carbons (Fsp3) is 0.462. The molecule has 4 atom stereocenters. The lowest BCUT2D eigenvalue weighted by atomic mass is 9.73. The van der Waals surface area contributed by atoms with Crippen LogP contribution in [0.15, 0.2) is 35.6 Å². The fourth-order valence-corrected chi connectivity index (χ4v) is 5.89. The van der Waals surface area contributed by atoms with Crippen LogP contribution in [-0.4, -0.2) is 57.3 Å². The Kier molecular flexibility index (Phi) is 7.24. The molecule has 2 aliphatic rings. The summed E-state index contributed by atoms with van der Waals surface area (Å²) in [6.45, 7) is 5.08. The van der Waals surface area contributed by atoms with Gasteiger partial charge in [-0.25, -0.2) is 27.5 Å². The number of carbonyl (C=O) groups excluding carboxylic acids is 1. The van der Waals surface area contributed by atoms with Crippen LogP contribution in [0.4, 0.5) is 17.6 Å². The third-order valence-corrected chi connectivity index (χ3v) is 8.50. The highest BCUT2D eigenvalue weighted by atomic mass is 32.2. The lowest BCUT2D eigenvalue weighted by Gasteiger charge is -2.47. The predicted octanol–water partition coefficient (Wildman–Crippen LogP) is 4.88. The number of hydrogen-bond acceptors (Lipinski definition) is 7. The largest absolute Gasteiger partial charge is 0.476 e. The van der Waals surface area contributed by atoms with Gasteiger partial charge in [-0.3, -0.25) is 9.79 Å². The highest BCUT2D eigenvalue weighted by Gasteiger charge is 2.57. The first-order valence-electron chi connectivity index (χ1n) is 11.9. The molecule has 7 nitrogen and oxygen atoms in total. The Hall–Kier alpha value is -3.15. The standard InChI is InChI=1S/C26H29F4N5O2S/c1-14-24(2,34-23(31)38-25(14,3)22(36)35(4)5)17-8-15(6-7-18(17)27)9-19(28)20-11-33-21(12-32-20)37-13-16-10-26(16,29)30/h6-9,11-12,14,16H,10,13H2,1-5H3,(H2,31,34)/b19-9-/t14-,16?,24-,25-/m0/s1. The number of ether oxygens (including phenoxy) is 1. The Labute approximate surface area is 222 Å². The van der Waals surface area contributed by atoms with Gasteiger partial charge < -0.3 is 15.4 Å². The zero-order chi connectivity index (χ0) is 28.0. The van der Waals surface area contributed by atoms with E-state index in [-0.39, 0.29) is 41.2 Å². The van der Waals surface area contributed by atoms with Gasteiger partial charge in [-0.1, -0.05) is 24.8 Å². The average molecular weight is 552 g/mol. The monoisotopic (exact) mass is 551 g/mol. The molecule has 0 spiro atoms. The lowest BCUT2D eigenvalue weighted by molar-refractivity contribution is -0.132. The van der Waals surface area contributed by atoms with Gasteiger partial charge >= 0.3 is 0 Å². The molecular formula is C26H29F4N5O2S. The predicted molar refractivity (Wildman–Crippen MR) is 139 cm³/mol. The molecule has 2 N–H and O–H groups in total. The van der Waals surface area contributed by atoms with Crippen molar-refractivity contribution in [2.45, 2.75) is 43.4 Å². The molecule has 1 aliphatic carbocycles. The van der Waals surface area contributed by atoms with Crippen molar-refractivity contribution >= 4 is 34.7 Å². The Morgan fingerprint density at radius 2 is 1.95 bits per heavy atom. The summed E-state index contributed by atoms with van der Waals surface area (Å²) in [5.41, 5.74) is 5.30. The van der Waals surface area contributed by atoms with Crippen molar-refractivity contribution in [1.29, 1.82) is 0 Å². The third-order valence-electron chi connectivity index (χ3n) is 7.25. The van der Waals surface area contributed by atoms with Gasteiger partial charge in [-0.2, -0.15) is 0 Å². The molecule has 0 radical (unpaired) electrons. The van der Waals surface area contributed by atoms with Gasteiger partial charge in [0, 0.05) is 32.0 Å². The Morgan fingerprint density at radius 3 is 2.53 bits per heavy atom. The number of amidine groups is 1. The molecule has 1 aliphatic heterocycles. The molecule has 0 bridgehead atoms. The number of hydrogen-bond donors (Lipinski definition) is 1. The number of rotatable bonds is 7. The van der Waals surface area contributed by atoms with E-state index in [1.807, 2.05) is 6.92 Å². The molecule has 2 aromatic rings. The number of aliphatic imine (C=N–C) groups is 1. The molecule has 1 fully saturated rings. The molecule has 1 aromatic carbocycles. The Bertz CT molecular complexity index is 1300. The zero-order valence-corrected chi connectivity index (χ0v) is 22.5. The number of thioether (sulfide) groups is 1. The summed E-state index contributed by atoms with van der Waals surface area (Å²) in [4.78, 5) is 27.0. The summed E-state index contributed by atoms with van der Waals surface area (Å²) >= 11 is 1.14. The zero-order valence-electron chi connectivity index (χ0n) is 21.6. The van der Waals surface area contributed by atoms with Gasteiger partial charge in [0.25, 0.3) is 5.92 Å². The summed E-state index contributed by atoms with van der Waals surface area (Å²) in [6.07, 6.45) is 3.22. The highest BCUT2D eigenvalue weighted by Crippen LogP contribution is 2.51. The molecule has 38 heavy (non-hydrogen) atoms. The van der Waals surface area contributed by atoms with Crippen molar-refractivity contribution in [2.24, 2.45) is 22.6 Å². The molecule has 4 rings (SSSR count). The van der Waals surface area contributed by atoms with Crippen LogP contribution in [-0.2, 0) is 10.3 Å². The minimum Gasteiger partial charge on any atom is -0.476 e. The summed E-state index contributed by atoms with van der Waals surface area (Å²) in [5, 5.41) is 0.151. The van der Waals surface area contributed by atoms with E-state index in [1.165, 1.54) is 29.2 Å². The van der Waals surface area contributed by atoms with Crippen molar-refractivity contribution in [1.82, 2.24) is 14.9 Å². The van der Waals surface area contributed by atoms with Gasteiger partial charge in [0.2, 0.25) is 11.8 Å². The first-order valence-corrected chi connectivity index (χ1v) is 12.8. The van der Waals surface area contributed by atoms with E-state index in [2.05, 4.69) is 15.0 Å². The maximum absolute atomic E-state index is 15.2. The van der Waals surface area contributed by atoms with E-state index in [9.17, 15) is 13.6 Å². The number of alkyl halides is 2. The van der Waals surface area contributed by atoms with Gasteiger partial charge in [0.1, 0.15) is 16.3 Å². The second kappa shape index (κ2) is 9.87. The number of halogens is 4. The molecule has 1 aromatic heterocycles. The number of benzene rings is 1. The van der Waals surface area contributed by atoms with Crippen molar-refractivity contribution in [3.63, 3.8) is 0 Å². The van der Waals surface area contributed by atoms with Crippen LogP contribution in [0.1, 0.15) is 44.0 Å². The van der Waals surface area contributed by atoms with Gasteiger partial charge in [-0.15, -0.1) is 0 Å². The van der Waals surface area contributed by atoms with Crippen LogP contribution < -0.4 is 10.5 Å². The summed E-state index contributed by atoms with van der Waals surface area (Å²) in [7, 11) is 3.28. The van der Waals surface area contributed by atoms with Crippen LogP contribution in [0.25, 0.3) is 11.9 Å². The van der Waals surface area contributed by atoms with Crippen LogP contribution in [0.3, 0.4) is 0 Å². The topological polar surface area (TPSA) is 93.7 Å². The number of aromatic nitrogens is 2. The number of nitrogens with zero attached hydrogens (tertiary/aromatic N) is 4. The van der Waals surface area contributed by atoms with Gasteiger partial charge in [0.15, 0.2) is 11.0 Å². The molecular weight excluding hydrogens is 522 g/mol.